The fourth-order valence-corrected chi connectivity index (χ4v) is 2.05. The van der Waals surface area contributed by atoms with Crippen molar-refractivity contribution in [3.05, 3.63) is 29.8 Å². The maximum atomic E-state index is 10.7. The van der Waals surface area contributed by atoms with Gasteiger partial charge in [-0.1, -0.05) is 23.9 Å². The quantitative estimate of drug-likeness (QED) is 0.764. The van der Waals surface area contributed by atoms with Crippen LogP contribution in [0.4, 0.5) is 0 Å². The maximum absolute atomic E-state index is 10.7. The molecule has 2 aromatic rings. The zero-order valence-corrected chi connectivity index (χ0v) is 11.1. The summed E-state index contributed by atoms with van der Waals surface area (Å²) >= 11 is 1.22. The summed E-state index contributed by atoms with van der Waals surface area (Å²) in [6, 6.07) is 7.61. The number of thioether (sulfide) groups is 1. The van der Waals surface area contributed by atoms with Gasteiger partial charge in [0.15, 0.2) is 0 Å². The number of primary amides is 1. The minimum atomic E-state index is -0.399. The molecule has 0 saturated heterocycles. The van der Waals surface area contributed by atoms with Gasteiger partial charge < -0.3 is 10.5 Å². The molecule has 0 aliphatic heterocycles. The maximum Gasteiger partial charge on any atom is 0.227 e. The van der Waals surface area contributed by atoms with Crippen molar-refractivity contribution in [2.24, 2.45) is 5.73 Å². The van der Waals surface area contributed by atoms with Gasteiger partial charge in [-0.05, 0) is 28.1 Å². The number of ether oxygens (including phenoxy) is 1. The van der Waals surface area contributed by atoms with Crippen molar-refractivity contribution in [2.45, 2.75) is 11.7 Å². The van der Waals surface area contributed by atoms with Crippen LogP contribution in [0.5, 0.6) is 5.75 Å². The molecule has 0 aliphatic rings. The predicted molar refractivity (Wildman–Crippen MR) is 69.8 cm³/mol. The lowest BCUT2D eigenvalue weighted by Gasteiger charge is -2.05. The van der Waals surface area contributed by atoms with E-state index >= 15 is 0 Å². The molecule has 0 aliphatic carbocycles. The smallest absolute Gasteiger partial charge is 0.227 e. The second-order valence-corrected chi connectivity index (χ2v) is 4.66. The fourth-order valence-electron chi connectivity index (χ4n) is 1.44. The van der Waals surface area contributed by atoms with E-state index in [1.807, 2.05) is 24.3 Å². The van der Waals surface area contributed by atoms with E-state index in [-0.39, 0.29) is 5.75 Å². The number of hydrogen-bond donors (Lipinski definition) is 1. The van der Waals surface area contributed by atoms with Gasteiger partial charge in [0.05, 0.1) is 19.4 Å². The van der Waals surface area contributed by atoms with Crippen LogP contribution in [0.1, 0.15) is 5.56 Å². The van der Waals surface area contributed by atoms with E-state index in [0.717, 1.165) is 11.3 Å². The number of methoxy groups -OCH3 is 1. The van der Waals surface area contributed by atoms with Gasteiger partial charge in [0.25, 0.3) is 0 Å². The SMILES string of the molecule is COc1ccc(Cn2nnnc2SCC(N)=O)cc1. The van der Waals surface area contributed by atoms with E-state index in [1.54, 1.807) is 11.8 Å². The molecule has 2 N–H and O–H groups in total. The monoisotopic (exact) mass is 279 g/mol. The molecule has 0 bridgehead atoms. The Kier molecular flexibility index (Phi) is 4.35. The summed E-state index contributed by atoms with van der Waals surface area (Å²) in [5.41, 5.74) is 6.13. The Morgan fingerprint density at radius 2 is 2.16 bits per heavy atom. The van der Waals surface area contributed by atoms with Gasteiger partial charge >= 0.3 is 0 Å². The summed E-state index contributed by atoms with van der Waals surface area (Å²) in [5, 5.41) is 11.9. The Morgan fingerprint density at radius 3 is 2.79 bits per heavy atom. The van der Waals surface area contributed by atoms with Crippen molar-refractivity contribution in [3.8, 4) is 5.75 Å². The van der Waals surface area contributed by atoms with Crippen molar-refractivity contribution in [1.82, 2.24) is 20.2 Å². The molecule has 1 aromatic heterocycles. The predicted octanol–water partition coefficient (Wildman–Crippen LogP) is 0.307. The van der Waals surface area contributed by atoms with Crippen molar-refractivity contribution in [2.75, 3.05) is 12.9 Å². The summed E-state index contributed by atoms with van der Waals surface area (Å²) in [7, 11) is 1.62. The summed E-state index contributed by atoms with van der Waals surface area (Å²) in [4.78, 5) is 10.7. The highest BCUT2D eigenvalue weighted by atomic mass is 32.2. The molecule has 7 nitrogen and oxygen atoms in total. The molecule has 1 heterocycles. The third kappa shape index (κ3) is 3.68. The number of rotatable bonds is 6. The molecule has 1 amide bonds. The molecule has 2 rings (SSSR count). The number of nitrogens with zero attached hydrogens (tertiary/aromatic N) is 4. The molecule has 0 saturated carbocycles. The van der Waals surface area contributed by atoms with Gasteiger partial charge in [0.2, 0.25) is 11.1 Å². The molecule has 0 unspecified atom stereocenters. The van der Waals surface area contributed by atoms with Crippen molar-refractivity contribution in [3.63, 3.8) is 0 Å². The first-order chi connectivity index (χ1) is 9.19. The first-order valence-electron chi connectivity index (χ1n) is 5.49. The van der Waals surface area contributed by atoms with Gasteiger partial charge in [-0.2, -0.15) is 0 Å². The van der Waals surface area contributed by atoms with Crippen molar-refractivity contribution < 1.29 is 9.53 Å². The summed E-state index contributed by atoms with van der Waals surface area (Å²) < 4.78 is 6.71. The normalized spacial score (nSPS) is 10.4. The van der Waals surface area contributed by atoms with Crippen molar-refractivity contribution >= 4 is 17.7 Å². The number of carbonyl (C=O) groups is 1. The Hall–Kier alpha value is -2.09. The second kappa shape index (κ2) is 6.19. The molecule has 8 heteroatoms. The third-order valence-electron chi connectivity index (χ3n) is 2.33. The zero-order chi connectivity index (χ0) is 13.7. The number of amides is 1. The van der Waals surface area contributed by atoms with E-state index in [4.69, 9.17) is 10.5 Å². The first-order valence-corrected chi connectivity index (χ1v) is 6.48. The zero-order valence-electron chi connectivity index (χ0n) is 10.3. The lowest BCUT2D eigenvalue weighted by Crippen LogP contribution is -2.14. The molecule has 0 atom stereocenters. The molecule has 1 aromatic carbocycles. The van der Waals surface area contributed by atoms with Crippen LogP contribution < -0.4 is 10.5 Å². The highest BCUT2D eigenvalue weighted by molar-refractivity contribution is 7.99. The molecule has 0 radical (unpaired) electrons. The Balaban J connectivity index is 2.05. The first kappa shape index (κ1) is 13.3. The number of aromatic nitrogens is 4. The highest BCUT2D eigenvalue weighted by Crippen LogP contribution is 2.16. The van der Waals surface area contributed by atoms with Gasteiger partial charge in [0, 0.05) is 0 Å². The molecule has 100 valence electrons. The van der Waals surface area contributed by atoms with Crippen LogP contribution in [0.25, 0.3) is 0 Å². The van der Waals surface area contributed by atoms with E-state index in [2.05, 4.69) is 15.5 Å². The van der Waals surface area contributed by atoms with E-state index < -0.39 is 5.91 Å². The molecule has 19 heavy (non-hydrogen) atoms. The minimum absolute atomic E-state index is 0.156. The average molecular weight is 279 g/mol. The van der Waals surface area contributed by atoms with Crippen LogP contribution >= 0.6 is 11.8 Å². The lowest BCUT2D eigenvalue weighted by atomic mass is 10.2. The average Bonchev–Trinajstić information content (AvgIpc) is 2.84. The van der Waals surface area contributed by atoms with E-state index in [0.29, 0.717) is 11.7 Å². The third-order valence-corrected chi connectivity index (χ3v) is 3.31. The molecule has 0 fully saturated rings. The Morgan fingerprint density at radius 1 is 1.42 bits per heavy atom. The highest BCUT2D eigenvalue weighted by Gasteiger charge is 2.08. The molecular formula is C11H13N5O2S. The van der Waals surface area contributed by atoms with E-state index in [9.17, 15) is 4.79 Å². The van der Waals surface area contributed by atoms with Crippen molar-refractivity contribution in [1.29, 1.82) is 0 Å². The Bertz CT molecular complexity index is 554. The van der Waals surface area contributed by atoms with Crippen LogP contribution in [-0.4, -0.2) is 39.0 Å². The number of benzene rings is 1. The number of nitrogens with two attached hydrogens (primary N) is 1. The lowest BCUT2D eigenvalue weighted by molar-refractivity contribution is -0.115. The summed E-state index contributed by atoms with van der Waals surface area (Å²) in [5.74, 6) is 0.552. The van der Waals surface area contributed by atoms with Crippen LogP contribution in [-0.2, 0) is 11.3 Å². The standard InChI is InChI=1S/C11H13N5O2S/c1-18-9-4-2-8(3-5-9)6-16-11(13-14-15-16)19-7-10(12)17/h2-5H,6-7H2,1H3,(H2,12,17). The minimum Gasteiger partial charge on any atom is -0.497 e. The van der Waals surface area contributed by atoms with Gasteiger partial charge in [-0.25, -0.2) is 4.68 Å². The summed E-state index contributed by atoms with van der Waals surface area (Å²) in [6.45, 7) is 0.526. The topological polar surface area (TPSA) is 95.9 Å². The van der Waals surface area contributed by atoms with Gasteiger partial charge in [-0.15, -0.1) is 5.10 Å². The van der Waals surface area contributed by atoms with Gasteiger partial charge in [-0.3, -0.25) is 4.79 Å². The number of tetrazole rings is 1. The van der Waals surface area contributed by atoms with E-state index in [1.165, 1.54) is 11.8 Å². The second-order valence-electron chi connectivity index (χ2n) is 3.72. The summed E-state index contributed by atoms with van der Waals surface area (Å²) in [6.07, 6.45) is 0. The number of carbonyl (C=O) groups excluding carboxylic acids is 1. The van der Waals surface area contributed by atoms with Crippen LogP contribution in [0.3, 0.4) is 0 Å². The fraction of sp³-hybridized carbons (Fsp3) is 0.273. The van der Waals surface area contributed by atoms with Gasteiger partial charge in [0.1, 0.15) is 5.75 Å². The Labute approximate surface area is 114 Å². The number of hydrogen-bond acceptors (Lipinski definition) is 6. The molecular weight excluding hydrogens is 266 g/mol. The largest absolute Gasteiger partial charge is 0.497 e. The van der Waals surface area contributed by atoms with Crippen LogP contribution in [0, 0.1) is 0 Å². The molecule has 0 spiro atoms. The van der Waals surface area contributed by atoms with Crippen LogP contribution in [0.15, 0.2) is 29.4 Å². The van der Waals surface area contributed by atoms with Crippen LogP contribution in [0.2, 0.25) is 0 Å².